The third-order valence-electron chi connectivity index (χ3n) is 3.97. The number of methoxy groups -OCH3 is 1. The van der Waals surface area contributed by atoms with Gasteiger partial charge in [0, 0.05) is 6.54 Å². The van der Waals surface area contributed by atoms with Crippen molar-refractivity contribution in [3.8, 4) is 11.8 Å². The molecule has 10 heteroatoms. The van der Waals surface area contributed by atoms with E-state index in [0.717, 1.165) is 6.07 Å². The van der Waals surface area contributed by atoms with E-state index >= 15 is 0 Å². The fraction of sp³-hybridized carbons (Fsp3) is 0.375. The molecule has 1 atom stereocenters. The fourth-order valence-electron chi connectivity index (χ4n) is 2.69. The maximum Gasteiger partial charge on any atom is 0.316 e. The minimum Gasteiger partial charge on any atom is -0.494 e. The van der Waals surface area contributed by atoms with Crippen LogP contribution in [0.5, 0.6) is 11.8 Å². The van der Waals surface area contributed by atoms with Crippen molar-refractivity contribution < 1.29 is 22.3 Å². The first-order chi connectivity index (χ1) is 12.4. The molecule has 0 bridgehead atoms. The Balaban J connectivity index is 1.75. The molecule has 1 unspecified atom stereocenters. The molecule has 1 aliphatic heterocycles. The van der Waals surface area contributed by atoms with Gasteiger partial charge in [0.1, 0.15) is 6.10 Å². The molecule has 0 spiro atoms. The zero-order valence-corrected chi connectivity index (χ0v) is 15.5. The van der Waals surface area contributed by atoms with Crippen molar-refractivity contribution in [3.63, 3.8) is 0 Å². The maximum atomic E-state index is 13.9. The Labute approximate surface area is 155 Å². The lowest BCUT2D eigenvalue weighted by atomic mass is 10.1. The summed E-state index contributed by atoms with van der Waals surface area (Å²) in [5.41, 5.74) is 0. The first-order valence-corrected chi connectivity index (χ1v) is 9.70. The number of rotatable bonds is 5. The van der Waals surface area contributed by atoms with E-state index in [9.17, 15) is 12.8 Å². The van der Waals surface area contributed by atoms with Gasteiger partial charge in [0.15, 0.2) is 11.6 Å². The van der Waals surface area contributed by atoms with Crippen LogP contribution in [0.1, 0.15) is 12.8 Å². The highest BCUT2D eigenvalue weighted by molar-refractivity contribution is 7.89. The smallest absolute Gasteiger partial charge is 0.316 e. The number of nitrogens with zero attached hydrogens (tertiary/aromatic N) is 3. The van der Waals surface area contributed by atoms with Gasteiger partial charge in [-0.15, -0.1) is 0 Å². The summed E-state index contributed by atoms with van der Waals surface area (Å²) in [4.78, 5) is 7.78. The van der Waals surface area contributed by atoms with Crippen LogP contribution in [0.15, 0.2) is 35.5 Å². The minimum atomic E-state index is -3.85. The summed E-state index contributed by atoms with van der Waals surface area (Å²) in [6.07, 6.45) is 3.68. The Morgan fingerprint density at radius 2 is 2.04 bits per heavy atom. The van der Waals surface area contributed by atoms with Crippen LogP contribution in [0, 0.1) is 5.82 Å². The van der Waals surface area contributed by atoms with E-state index in [2.05, 4.69) is 9.97 Å². The predicted octanol–water partition coefficient (Wildman–Crippen LogP) is 2.51. The first kappa shape index (κ1) is 18.8. The summed E-state index contributed by atoms with van der Waals surface area (Å²) in [6.45, 7) is 0.458. The summed E-state index contributed by atoms with van der Waals surface area (Å²) in [7, 11) is -2.53. The van der Waals surface area contributed by atoms with Crippen molar-refractivity contribution in [2.24, 2.45) is 0 Å². The molecule has 1 fully saturated rings. The monoisotopic (exact) mass is 401 g/mol. The normalized spacial score (nSPS) is 18.5. The molecule has 0 saturated carbocycles. The highest BCUT2D eigenvalue weighted by atomic mass is 35.5. The van der Waals surface area contributed by atoms with Gasteiger partial charge in [-0.2, -0.15) is 4.31 Å². The topological polar surface area (TPSA) is 81.6 Å². The van der Waals surface area contributed by atoms with Gasteiger partial charge in [0.2, 0.25) is 10.0 Å². The Morgan fingerprint density at radius 1 is 1.31 bits per heavy atom. The molecule has 2 heterocycles. The summed E-state index contributed by atoms with van der Waals surface area (Å²) in [5, 5.41) is 0.381. The third kappa shape index (κ3) is 4.05. The van der Waals surface area contributed by atoms with E-state index < -0.39 is 21.9 Å². The molecule has 7 nitrogen and oxygen atoms in total. The molecule has 26 heavy (non-hydrogen) atoms. The zero-order chi connectivity index (χ0) is 18.7. The van der Waals surface area contributed by atoms with E-state index in [0.29, 0.717) is 24.4 Å². The van der Waals surface area contributed by atoms with Crippen LogP contribution in [0.4, 0.5) is 4.39 Å². The number of piperidine rings is 1. The summed E-state index contributed by atoms with van der Waals surface area (Å²) < 4.78 is 51.2. The van der Waals surface area contributed by atoms with Crippen molar-refractivity contribution in [3.05, 3.63) is 41.4 Å². The van der Waals surface area contributed by atoms with Crippen LogP contribution < -0.4 is 9.47 Å². The summed E-state index contributed by atoms with van der Waals surface area (Å²) in [5.74, 6) is -0.739. The van der Waals surface area contributed by atoms with Gasteiger partial charge in [-0.1, -0.05) is 11.6 Å². The molecule has 0 aliphatic carbocycles. The Morgan fingerprint density at radius 3 is 2.69 bits per heavy atom. The van der Waals surface area contributed by atoms with Crippen molar-refractivity contribution in [2.45, 2.75) is 23.8 Å². The summed E-state index contributed by atoms with van der Waals surface area (Å²) >= 11 is 5.73. The van der Waals surface area contributed by atoms with Gasteiger partial charge < -0.3 is 9.47 Å². The lowest BCUT2D eigenvalue weighted by molar-refractivity contribution is 0.119. The molecule has 1 saturated heterocycles. The van der Waals surface area contributed by atoms with E-state index in [-0.39, 0.29) is 23.2 Å². The number of hydrogen-bond acceptors (Lipinski definition) is 6. The SMILES string of the molecule is COc1ccc(S(=O)(=O)N2CCCC(Oc3ncc(Cl)cn3)C2)cc1F. The Kier molecular flexibility index (Phi) is 5.59. The largest absolute Gasteiger partial charge is 0.494 e. The van der Waals surface area contributed by atoms with Crippen molar-refractivity contribution in [1.29, 1.82) is 0 Å². The van der Waals surface area contributed by atoms with Gasteiger partial charge in [0.25, 0.3) is 0 Å². The molecule has 0 amide bonds. The van der Waals surface area contributed by atoms with Crippen molar-refractivity contribution in [1.82, 2.24) is 14.3 Å². The molecule has 1 aromatic carbocycles. The molecule has 1 aromatic heterocycles. The number of halogens is 2. The second-order valence-corrected chi connectivity index (χ2v) is 8.10. The second-order valence-electron chi connectivity index (χ2n) is 5.73. The van der Waals surface area contributed by atoms with Crippen LogP contribution >= 0.6 is 11.6 Å². The van der Waals surface area contributed by atoms with Gasteiger partial charge >= 0.3 is 6.01 Å². The molecule has 0 N–H and O–H groups in total. The van der Waals surface area contributed by atoms with Gasteiger partial charge in [-0.05, 0) is 31.0 Å². The Hall–Kier alpha value is -1.97. The molecule has 3 rings (SSSR count). The quantitative estimate of drug-likeness (QED) is 0.765. The van der Waals surface area contributed by atoms with E-state index in [1.54, 1.807) is 0 Å². The molecule has 0 radical (unpaired) electrons. The Bertz CT molecular complexity index is 880. The molecule has 2 aromatic rings. The van der Waals surface area contributed by atoms with E-state index in [4.69, 9.17) is 21.1 Å². The van der Waals surface area contributed by atoms with Gasteiger partial charge in [-0.3, -0.25) is 0 Å². The number of aromatic nitrogens is 2. The van der Waals surface area contributed by atoms with Crippen molar-refractivity contribution in [2.75, 3.05) is 20.2 Å². The number of benzene rings is 1. The van der Waals surface area contributed by atoms with Crippen molar-refractivity contribution >= 4 is 21.6 Å². The van der Waals surface area contributed by atoms with Crippen LogP contribution in [0.2, 0.25) is 5.02 Å². The van der Waals surface area contributed by atoms with Crippen LogP contribution in [0.25, 0.3) is 0 Å². The standard InChI is InChI=1S/C16H17ClFN3O4S/c1-24-15-5-4-13(7-14(15)18)26(22,23)21-6-2-3-12(10-21)25-16-19-8-11(17)9-20-16/h4-5,7-9,12H,2-3,6,10H2,1H3. The van der Waals surface area contributed by atoms with Crippen LogP contribution in [0.3, 0.4) is 0 Å². The highest BCUT2D eigenvalue weighted by Gasteiger charge is 2.32. The number of sulfonamides is 1. The molecule has 1 aliphatic rings. The lowest BCUT2D eigenvalue weighted by Gasteiger charge is -2.31. The van der Waals surface area contributed by atoms with E-state index in [1.165, 1.54) is 35.9 Å². The zero-order valence-electron chi connectivity index (χ0n) is 13.9. The first-order valence-electron chi connectivity index (χ1n) is 7.88. The molecular weight excluding hydrogens is 385 g/mol. The third-order valence-corrected chi connectivity index (χ3v) is 6.03. The maximum absolute atomic E-state index is 13.9. The highest BCUT2D eigenvalue weighted by Crippen LogP contribution is 2.26. The minimum absolute atomic E-state index is 0.0105. The number of hydrogen-bond donors (Lipinski definition) is 0. The van der Waals surface area contributed by atoms with Gasteiger partial charge in [0.05, 0.1) is 36.0 Å². The number of ether oxygens (including phenoxy) is 2. The second kappa shape index (κ2) is 7.73. The van der Waals surface area contributed by atoms with E-state index in [1.807, 2.05) is 0 Å². The summed E-state index contributed by atoms with van der Waals surface area (Å²) in [6, 6.07) is 3.71. The van der Waals surface area contributed by atoms with Crippen LogP contribution in [-0.4, -0.2) is 49.0 Å². The molecular formula is C16H17ClFN3O4S. The van der Waals surface area contributed by atoms with Gasteiger partial charge in [-0.25, -0.2) is 22.8 Å². The van der Waals surface area contributed by atoms with Crippen LogP contribution in [-0.2, 0) is 10.0 Å². The molecule has 140 valence electrons. The predicted molar refractivity (Wildman–Crippen MR) is 92.4 cm³/mol. The fourth-order valence-corrected chi connectivity index (χ4v) is 4.31. The average Bonchev–Trinajstić information content (AvgIpc) is 2.64. The lowest BCUT2D eigenvalue weighted by Crippen LogP contribution is -2.44. The average molecular weight is 402 g/mol.